The van der Waals surface area contributed by atoms with Crippen LogP contribution in [0.2, 0.25) is 0 Å². The quantitative estimate of drug-likeness (QED) is 0.304. The fourth-order valence-electron chi connectivity index (χ4n) is 1.78. The van der Waals surface area contributed by atoms with E-state index in [9.17, 15) is 0 Å². The fraction of sp³-hybridized carbons (Fsp3) is 0.733. The zero-order valence-electron chi connectivity index (χ0n) is 10.6. The second-order valence-corrected chi connectivity index (χ2v) is 4.61. The molecular formula is C15H28. The van der Waals surface area contributed by atoms with Crippen molar-refractivity contribution in [2.75, 3.05) is 0 Å². The van der Waals surface area contributed by atoms with Crippen molar-refractivity contribution in [2.45, 2.75) is 71.1 Å². The lowest BCUT2D eigenvalue weighted by Gasteiger charge is -2.01. The van der Waals surface area contributed by atoms with Crippen LogP contribution in [-0.2, 0) is 0 Å². The van der Waals surface area contributed by atoms with E-state index >= 15 is 0 Å². The minimum absolute atomic E-state index is 1.19. The van der Waals surface area contributed by atoms with E-state index in [1.165, 1.54) is 69.8 Å². The third kappa shape index (κ3) is 13.5. The number of allylic oxidation sites excluding steroid dienone is 2. The number of unbranched alkanes of at least 4 members (excludes halogenated alkanes) is 8. The normalized spacial score (nSPS) is 10.2. The Balaban J connectivity index is 2.92. The summed E-state index contributed by atoms with van der Waals surface area (Å²) in [6, 6.07) is 0. The van der Waals surface area contributed by atoms with E-state index in [1.807, 2.05) is 6.08 Å². The van der Waals surface area contributed by atoms with Gasteiger partial charge < -0.3 is 0 Å². The average Bonchev–Trinajstić information content (AvgIpc) is 2.20. The molecule has 0 fully saturated rings. The van der Waals surface area contributed by atoms with Crippen LogP contribution < -0.4 is 0 Å². The Morgan fingerprint density at radius 3 is 1.80 bits per heavy atom. The molecule has 0 saturated carbocycles. The van der Waals surface area contributed by atoms with Crippen molar-refractivity contribution < 1.29 is 0 Å². The highest BCUT2D eigenvalue weighted by Gasteiger charge is 1.92. The molecule has 0 atom stereocenters. The van der Waals surface area contributed by atoms with Gasteiger partial charge in [0.15, 0.2) is 0 Å². The number of hydrogen-bond acceptors (Lipinski definition) is 0. The second kappa shape index (κ2) is 11.6. The Hall–Kier alpha value is -0.520. The first-order valence-corrected chi connectivity index (χ1v) is 6.52. The van der Waals surface area contributed by atoms with Crippen LogP contribution in [0.3, 0.4) is 0 Å². The lowest BCUT2D eigenvalue weighted by atomic mass is 10.1. The summed E-state index contributed by atoms with van der Waals surface area (Å²) in [4.78, 5) is 0. The Morgan fingerprint density at radius 2 is 1.33 bits per heavy atom. The first-order valence-electron chi connectivity index (χ1n) is 6.52. The standard InChI is InChI=1S/C15H28/c1-4-5-6-7-8-9-10-11-12-13-14-15(2)3/h4H,1-2,5-14H2,3H3. The summed E-state index contributed by atoms with van der Waals surface area (Å²) in [5, 5.41) is 0. The Kier molecular flexibility index (Phi) is 11.2. The van der Waals surface area contributed by atoms with Crippen molar-refractivity contribution in [2.24, 2.45) is 0 Å². The topological polar surface area (TPSA) is 0 Å². The second-order valence-electron chi connectivity index (χ2n) is 4.61. The smallest absolute Gasteiger partial charge is 0.0326 e. The molecule has 0 amide bonds. The van der Waals surface area contributed by atoms with Crippen LogP contribution in [0.25, 0.3) is 0 Å². The molecule has 0 unspecified atom stereocenters. The van der Waals surface area contributed by atoms with Gasteiger partial charge in [0.05, 0.1) is 0 Å². The highest BCUT2D eigenvalue weighted by molar-refractivity contribution is 4.86. The van der Waals surface area contributed by atoms with Gasteiger partial charge in [-0.15, -0.1) is 13.2 Å². The van der Waals surface area contributed by atoms with Gasteiger partial charge in [0, 0.05) is 0 Å². The van der Waals surface area contributed by atoms with Gasteiger partial charge >= 0.3 is 0 Å². The maximum absolute atomic E-state index is 3.92. The van der Waals surface area contributed by atoms with E-state index in [0.717, 1.165) is 0 Å². The van der Waals surface area contributed by atoms with Crippen LogP contribution in [0, 0.1) is 0 Å². The van der Waals surface area contributed by atoms with Crippen LogP contribution in [-0.4, -0.2) is 0 Å². The molecule has 88 valence electrons. The van der Waals surface area contributed by atoms with E-state index in [1.54, 1.807) is 0 Å². The van der Waals surface area contributed by atoms with E-state index in [2.05, 4.69) is 20.1 Å². The van der Waals surface area contributed by atoms with Gasteiger partial charge in [0.1, 0.15) is 0 Å². The van der Waals surface area contributed by atoms with E-state index < -0.39 is 0 Å². The van der Waals surface area contributed by atoms with Gasteiger partial charge in [-0.2, -0.15) is 0 Å². The molecule has 0 spiro atoms. The molecule has 0 aliphatic rings. The molecule has 0 aromatic rings. The SMILES string of the molecule is C=CCCCCCCCCCCC(=C)C. The van der Waals surface area contributed by atoms with Gasteiger partial charge in [-0.1, -0.05) is 50.2 Å². The van der Waals surface area contributed by atoms with E-state index in [-0.39, 0.29) is 0 Å². The summed E-state index contributed by atoms with van der Waals surface area (Å²) in [6.07, 6.45) is 15.6. The lowest BCUT2D eigenvalue weighted by molar-refractivity contribution is 0.569. The van der Waals surface area contributed by atoms with Crippen molar-refractivity contribution in [3.63, 3.8) is 0 Å². The zero-order valence-corrected chi connectivity index (χ0v) is 10.6. The predicted octanol–water partition coefficient (Wildman–Crippen LogP) is 5.65. The van der Waals surface area contributed by atoms with Crippen molar-refractivity contribution in [1.29, 1.82) is 0 Å². The summed E-state index contributed by atoms with van der Waals surface area (Å²) in [7, 11) is 0. The van der Waals surface area contributed by atoms with Crippen LogP contribution in [0.15, 0.2) is 24.8 Å². The summed E-state index contributed by atoms with van der Waals surface area (Å²) in [6.45, 7) is 9.78. The van der Waals surface area contributed by atoms with Gasteiger partial charge in [-0.25, -0.2) is 0 Å². The first-order chi connectivity index (χ1) is 7.27. The summed E-state index contributed by atoms with van der Waals surface area (Å²) < 4.78 is 0. The molecule has 0 aromatic heterocycles. The van der Waals surface area contributed by atoms with Crippen LogP contribution in [0.1, 0.15) is 71.1 Å². The van der Waals surface area contributed by atoms with Crippen molar-refractivity contribution in [3.05, 3.63) is 24.8 Å². The van der Waals surface area contributed by atoms with Crippen LogP contribution >= 0.6 is 0 Å². The molecule has 15 heavy (non-hydrogen) atoms. The highest BCUT2D eigenvalue weighted by atomic mass is 14.0. The molecule has 0 aromatic carbocycles. The molecule has 0 bridgehead atoms. The lowest BCUT2D eigenvalue weighted by Crippen LogP contribution is -1.82. The Labute approximate surface area is 96.5 Å². The maximum Gasteiger partial charge on any atom is -0.0326 e. The van der Waals surface area contributed by atoms with E-state index in [0.29, 0.717) is 0 Å². The molecule has 0 radical (unpaired) electrons. The van der Waals surface area contributed by atoms with Crippen LogP contribution in [0.4, 0.5) is 0 Å². The fourth-order valence-corrected chi connectivity index (χ4v) is 1.78. The van der Waals surface area contributed by atoms with Gasteiger partial charge in [0.25, 0.3) is 0 Å². The van der Waals surface area contributed by atoms with Crippen molar-refractivity contribution in [3.8, 4) is 0 Å². The summed E-state index contributed by atoms with van der Waals surface area (Å²) >= 11 is 0. The van der Waals surface area contributed by atoms with E-state index in [4.69, 9.17) is 0 Å². The molecular weight excluding hydrogens is 180 g/mol. The monoisotopic (exact) mass is 208 g/mol. The minimum atomic E-state index is 1.19. The molecule has 0 heteroatoms. The first kappa shape index (κ1) is 14.5. The molecule has 0 aliphatic heterocycles. The summed E-state index contributed by atoms with van der Waals surface area (Å²) in [5.41, 5.74) is 1.33. The summed E-state index contributed by atoms with van der Waals surface area (Å²) in [5.74, 6) is 0. The number of rotatable bonds is 11. The molecule has 0 N–H and O–H groups in total. The zero-order chi connectivity index (χ0) is 11.4. The third-order valence-electron chi connectivity index (χ3n) is 2.76. The molecule has 0 rings (SSSR count). The average molecular weight is 208 g/mol. The van der Waals surface area contributed by atoms with Gasteiger partial charge in [-0.3, -0.25) is 0 Å². The molecule has 0 heterocycles. The van der Waals surface area contributed by atoms with Crippen LogP contribution in [0.5, 0.6) is 0 Å². The Bertz CT molecular complexity index is 155. The maximum atomic E-state index is 3.92. The largest absolute Gasteiger partial charge is 0.103 e. The minimum Gasteiger partial charge on any atom is -0.103 e. The molecule has 0 aliphatic carbocycles. The van der Waals surface area contributed by atoms with Gasteiger partial charge in [-0.05, 0) is 32.6 Å². The molecule has 0 saturated heterocycles. The van der Waals surface area contributed by atoms with Crippen molar-refractivity contribution >= 4 is 0 Å². The van der Waals surface area contributed by atoms with Crippen molar-refractivity contribution in [1.82, 2.24) is 0 Å². The predicted molar refractivity (Wildman–Crippen MR) is 71.2 cm³/mol. The number of hydrogen-bond donors (Lipinski definition) is 0. The highest BCUT2D eigenvalue weighted by Crippen LogP contribution is 2.12. The molecule has 0 nitrogen and oxygen atoms in total. The van der Waals surface area contributed by atoms with Gasteiger partial charge in [0.2, 0.25) is 0 Å². The third-order valence-corrected chi connectivity index (χ3v) is 2.76. The Morgan fingerprint density at radius 1 is 0.867 bits per heavy atom.